The van der Waals surface area contributed by atoms with Crippen LogP contribution in [0.15, 0.2) is 48.8 Å². The average Bonchev–Trinajstić information content (AvgIpc) is 3.33. The zero-order valence-corrected chi connectivity index (χ0v) is 16.8. The fraction of sp³-hybridized carbons (Fsp3) is 0.292. The molecule has 1 unspecified atom stereocenters. The number of hydrogen-bond acceptors (Lipinski definition) is 4. The minimum absolute atomic E-state index is 0.133. The molecule has 1 aromatic heterocycles. The van der Waals surface area contributed by atoms with Crippen LogP contribution in [0.4, 0.5) is 5.95 Å². The second-order valence-electron chi connectivity index (χ2n) is 7.55. The lowest BCUT2D eigenvalue weighted by atomic mass is 9.92. The zero-order chi connectivity index (χ0) is 20.8. The molecular weight excluding hydrogens is 376 g/mol. The molecule has 1 heterocycles. The molecule has 2 amide bonds. The van der Waals surface area contributed by atoms with Crippen molar-refractivity contribution < 1.29 is 9.59 Å². The van der Waals surface area contributed by atoms with Crippen LogP contribution in [-0.2, 0) is 4.79 Å². The van der Waals surface area contributed by atoms with Crippen LogP contribution < -0.4 is 10.2 Å². The van der Waals surface area contributed by atoms with E-state index in [9.17, 15) is 9.59 Å². The lowest BCUT2D eigenvalue weighted by Gasteiger charge is -2.34. The normalized spacial score (nSPS) is 18.7. The number of nitrogens with one attached hydrogen (secondary N) is 1. The van der Waals surface area contributed by atoms with E-state index in [1.807, 2.05) is 31.7 Å². The van der Waals surface area contributed by atoms with Crippen molar-refractivity contribution in [2.24, 2.45) is 0 Å². The minimum Gasteiger partial charge on any atom is -0.352 e. The number of anilines is 1. The number of hydrogen-bond donors (Lipinski definition) is 1. The molecule has 2 aromatic rings. The van der Waals surface area contributed by atoms with Gasteiger partial charge in [-0.2, -0.15) is 0 Å². The van der Waals surface area contributed by atoms with Crippen molar-refractivity contribution in [1.82, 2.24) is 15.3 Å². The van der Waals surface area contributed by atoms with Crippen molar-refractivity contribution in [3.05, 3.63) is 86.0 Å². The van der Waals surface area contributed by atoms with Crippen LogP contribution in [0.25, 0.3) is 0 Å². The monoisotopic (exact) mass is 401 g/mol. The molecule has 2 aliphatic carbocycles. The molecule has 2 aliphatic rings. The third-order valence-corrected chi connectivity index (χ3v) is 5.47. The van der Waals surface area contributed by atoms with Gasteiger partial charge in [0.1, 0.15) is 6.04 Å². The SMILES string of the molecule is O=C(NC1CCCCC1)C([C]1[CH][CH][CH][CH]1)N(C(=O)c1ccccc1)c1ncccn1. The van der Waals surface area contributed by atoms with Crippen LogP contribution in [0.1, 0.15) is 42.5 Å². The second-order valence-corrected chi connectivity index (χ2v) is 7.55. The Bertz CT molecular complexity index is 831. The van der Waals surface area contributed by atoms with Gasteiger partial charge >= 0.3 is 0 Å². The Kier molecular flexibility index (Phi) is 6.72. The summed E-state index contributed by atoms with van der Waals surface area (Å²) < 4.78 is 0. The van der Waals surface area contributed by atoms with Gasteiger partial charge in [0.05, 0.1) is 0 Å². The van der Waals surface area contributed by atoms with Crippen LogP contribution in [0.2, 0.25) is 0 Å². The number of benzene rings is 1. The first-order valence-electron chi connectivity index (χ1n) is 10.4. The van der Waals surface area contributed by atoms with E-state index in [-0.39, 0.29) is 23.8 Å². The molecule has 4 rings (SSSR count). The molecular formula is C24H25N4O2. The van der Waals surface area contributed by atoms with Crippen molar-refractivity contribution in [2.45, 2.75) is 44.2 Å². The fourth-order valence-electron chi connectivity index (χ4n) is 3.97. The van der Waals surface area contributed by atoms with Crippen LogP contribution in [0.3, 0.4) is 0 Å². The van der Waals surface area contributed by atoms with E-state index in [0.29, 0.717) is 5.56 Å². The highest BCUT2D eigenvalue weighted by molar-refractivity contribution is 6.10. The number of carbonyl (C=O) groups is 2. The lowest BCUT2D eigenvalue weighted by molar-refractivity contribution is -0.122. The van der Waals surface area contributed by atoms with Gasteiger partial charge in [0.15, 0.2) is 0 Å². The predicted molar refractivity (Wildman–Crippen MR) is 115 cm³/mol. The van der Waals surface area contributed by atoms with E-state index < -0.39 is 6.04 Å². The maximum atomic E-state index is 13.5. The molecule has 6 nitrogen and oxygen atoms in total. The van der Waals surface area contributed by atoms with E-state index in [4.69, 9.17) is 0 Å². The highest BCUT2D eigenvalue weighted by Gasteiger charge is 2.41. The molecule has 5 radical (unpaired) electrons. The summed E-state index contributed by atoms with van der Waals surface area (Å²) in [5.74, 6) is 0.424. The zero-order valence-electron chi connectivity index (χ0n) is 16.8. The third-order valence-electron chi connectivity index (χ3n) is 5.47. The average molecular weight is 401 g/mol. The summed E-state index contributed by atoms with van der Waals surface area (Å²) >= 11 is 0. The van der Waals surface area contributed by atoms with Crippen molar-refractivity contribution in [1.29, 1.82) is 0 Å². The van der Waals surface area contributed by atoms with Crippen molar-refractivity contribution in [3.8, 4) is 0 Å². The largest absolute Gasteiger partial charge is 0.352 e. The van der Waals surface area contributed by atoms with E-state index in [2.05, 4.69) is 15.3 Å². The molecule has 1 atom stereocenters. The number of carbonyl (C=O) groups excluding carboxylic acids is 2. The van der Waals surface area contributed by atoms with Gasteiger partial charge in [0.25, 0.3) is 5.91 Å². The van der Waals surface area contributed by atoms with E-state index in [0.717, 1.165) is 31.6 Å². The minimum atomic E-state index is -0.850. The molecule has 2 fully saturated rings. The van der Waals surface area contributed by atoms with Gasteiger partial charge in [-0.1, -0.05) is 37.5 Å². The summed E-state index contributed by atoms with van der Waals surface area (Å²) in [6, 6.07) is 9.90. The number of aromatic nitrogens is 2. The van der Waals surface area contributed by atoms with Gasteiger partial charge in [0.2, 0.25) is 11.9 Å². The van der Waals surface area contributed by atoms with Crippen molar-refractivity contribution in [2.75, 3.05) is 4.90 Å². The number of rotatable bonds is 6. The second kappa shape index (κ2) is 9.83. The van der Waals surface area contributed by atoms with Gasteiger partial charge in [0, 0.05) is 29.9 Å². The molecule has 0 aliphatic heterocycles. The third kappa shape index (κ3) is 4.69. The Morgan fingerprint density at radius 1 is 0.933 bits per heavy atom. The maximum absolute atomic E-state index is 13.5. The molecule has 0 spiro atoms. The summed E-state index contributed by atoms with van der Waals surface area (Å²) in [6.45, 7) is 0. The Morgan fingerprint density at radius 2 is 1.60 bits per heavy atom. The summed E-state index contributed by atoms with van der Waals surface area (Å²) in [5, 5.41) is 3.18. The molecule has 0 saturated heterocycles. The van der Waals surface area contributed by atoms with Gasteiger partial charge in [-0.25, -0.2) is 9.97 Å². The number of amides is 2. The Hall–Kier alpha value is -2.76. The highest BCUT2D eigenvalue weighted by atomic mass is 16.2. The summed E-state index contributed by atoms with van der Waals surface area (Å²) in [7, 11) is 0. The first-order valence-corrected chi connectivity index (χ1v) is 10.4. The predicted octanol–water partition coefficient (Wildman–Crippen LogP) is 3.35. The Morgan fingerprint density at radius 3 is 2.27 bits per heavy atom. The summed E-state index contributed by atoms with van der Waals surface area (Å²) in [6.07, 6.45) is 16.0. The molecule has 1 N–H and O–H groups in total. The summed E-state index contributed by atoms with van der Waals surface area (Å²) in [5.41, 5.74) is 0.479. The molecule has 6 heteroatoms. The first kappa shape index (κ1) is 20.5. The van der Waals surface area contributed by atoms with Gasteiger partial charge in [-0.3, -0.25) is 14.5 Å². The maximum Gasteiger partial charge on any atom is 0.261 e. The lowest BCUT2D eigenvalue weighted by Crippen LogP contribution is -2.55. The summed E-state index contributed by atoms with van der Waals surface area (Å²) in [4.78, 5) is 37.0. The van der Waals surface area contributed by atoms with E-state index in [1.165, 1.54) is 11.3 Å². The van der Waals surface area contributed by atoms with Crippen molar-refractivity contribution in [3.63, 3.8) is 0 Å². The van der Waals surface area contributed by atoms with Gasteiger partial charge in [-0.05, 0) is 56.7 Å². The standard InChI is InChI=1S/C24H25N4O2/c29-22(27-20-14-5-2-6-15-20)21(18-10-7-8-11-18)28(24-25-16-9-17-26-24)23(30)19-12-3-1-4-13-19/h1,3-4,7-13,16-17,20-21H,2,5-6,14-15H2,(H,27,29). The van der Waals surface area contributed by atoms with Crippen LogP contribution >= 0.6 is 0 Å². The highest BCUT2D eigenvalue weighted by Crippen LogP contribution is 2.32. The van der Waals surface area contributed by atoms with Crippen LogP contribution in [0, 0.1) is 31.6 Å². The molecule has 2 saturated carbocycles. The van der Waals surface area contributed by atoms with Crippen molar-refractivity contribution >= 4 is 17.8 Å². The van der Waals surface area contributed by atoms with Gasteiger partial charge < -0.3 is 5.32 Å². The van der Waals surface area contributed by atoms with Crippen LogP contribution in [0.5, 0.6) is 0 Å². The topological polar surface area (TPSA) is 75.2 Å². The molecule has 153 valence electrons. The molecule has 0 bridgehead atoms. The molecule has 1 aromatic carbocycles. The van der Waals surface area contributed by atoms with E-state index in [1.54, 1.807) is 42.7 Å². The first-order chi connectivity index (χ1) is 14.7. The Balaban J connectivity index is 1.69. The Labute approximate surface area is 178 Å². The molecule has 30 heavy (non-hydrogen) atoms. The quantitative estimate of drug-likeness (QED) is 0.806. The van der Waals surface area contributed by atoms with Gasteiger partial charge in [-0.15, -0.1) is 0 Å². The van der Waals surface area contributed by atoms with Crippen LogP contribution in [-0.4, -0.2) is 33.9 Å². The smallest absolute Gasteiger partial charge is 0.261 e. The number of nitrogens with zero attached hydrogens (tertiary/aromatic N) is 3. The van der Waals surface area contributed by atoms with E-state index >= 15 is 0 Å². The fourth-order valence-corrected chi connectivity index (χ4v) is 3.97.